The molecule has 0 bridgehead atoms. The number of nitrogens with one attached hydrogen (secondary N) is 1. The molecule has 34 heavy (non-hydrogen) atoms. The largest absolute Gasteiger partial charge is 0.493 e. The molecular weight excluding hydrogens is 448 g/mol. The fraction of sp³-hybridized carbons (Fsp3) is 0.259. The van der Waals surface area contributed by atoms with Gasteiger partial charge in [-0.2, -0.15) is 0 Å². The summed E-state index contributed by atoms with van der Waals surface area (Å²) in [5.41, 5.74) is 3.12. The van der Waals surface area contributed by atoms with Gasteiger partial charge in [-0.15, -0.1) is 0 Å². The van der Waals surface area contributed by atoms with E-state index in [1.807, 2.05) is 72.8 Å². The van der Waals surface area contributed by atoms with Gasteiger partial charge in [0.25, 0.3) is 0 Å². The molecule has 6 nitrogen and oxygen atoms in total. The van der Waals surface area contributed by atoms with Crippen molar-refractivity contribution in [3.63, 3.8) is 0 Å². The Morgan fingerprint density at radius 1 is 1.03 bits per heavy atom. The van der Waals surface area contributed by atoms with Crippen LogP contribution in [0.4, 0.5) is 0 Å². The van der Waals surface area contributed by atoms with Crippen LogP contribution in [0.2, 0.25) is 0 Å². The highest BCUT2D eigenvalue weighted by Crippen LogP contribution is 2.42. The highest BCUT2D eigenvalue weighted by atomic mass is 32.2. The quantitative estimate of drug-likeness (QED) is 0.371. The van der Waals surface area contributed by atoms with Gasteiger partial charge in [0, 0.05) is 11.4 Å². The Bertz CT molecular complexity index is 1120. The maximum atomic E-state index is 13.5. The Kier molecular flexibility index (Phi) is 7.87. The molecular formula is C27H28N2O4S. The minimum absolute atomic E-state index is 0.170. The number of aldehydes is 1. The lowest BCUT2D eigenvalue weighted by molar-refractivity contribution is -0.127. The molecule has 0 radical (unpaired) electrons. The van der Waals surface area contributed by atoms with Crippen LogP contribution in [0.25, 0.3) is 0 Å². The zero-order valence-electron chi connectivity index (χ0n) is 19.3. The monoisotopic (exact) mass is 476 g/mol. The molecule has 1 amide bonds. The molecule has 176 valence electrons. The third-order valence-electron chi connectivity index (χ3n) is 5.82. The summed E-state index contributed by atoms with van der Waals surface area (Å²) in [5, 5.41) is 2.96. The van der Waals surface area contributed by atoms with E-state index in [2.05, 4.69) is 9.62 Å². The molecule has 7 heteroatoms. The second-order valence-corrected chi connectivity index (χ2v) is 9.22. The average Bonchev–Trinajstić information content (AvgIpc) is 2.88. The van der Waals surface area contributed by atoms with Crippen LogP contribution in [0.3, 0.4) is 0 Å². The second kappa shape index (κ2) is 11.2. The van der Waals surface area contributed by atoms with Gasteiger partial charge in [-0.1, -0.05) is 60.7 Å². The van der Waals surface area contributed by atoms with Gasteiger partial charge in [-0.25, -0.2) is 4.31 Å². The first-order chi connectivity index (χ1) is 16.6. The Balaban J connectivity index is 1.59. The third kappa shape index (κ3) is 5.61. The van der Waals surface area contributed by atoms with Crippen molar-refractivity contribution in [3.8, 4) is 11.5 Å². The van der Waals surface area contributed by atoms with Gasteiger partial charge in [0.15, 0.2) is 11.5 Å². The maximum absolute atomic E-state index is 13.5. The van der Waals surface area contributed by atoms with Crippen LogP contribution in [0.15, 0.2) is 77.7 Å². The number of nitrogens with zero attached hydrogens (tertiary/aromatic N) is 1. The van der Waals surface area contributed by atoms with Crippen LogP contribution < -0.4 is 14.8 Å². The summed E-state index contributed by atoms with van der Waals surface area (Å²) in [6.07, 6.45) is 1.76. The lowest BCUT2D eigenvalue weighted by Crippen LogP contribution is -2.50. The van der Waals surface area contributed by atoms with Gasteiger partial charge in [-0.05, 0) is 53.6 Å². The molecule has 1 aliphatic heterocycles. The molecule has 0 aromatic heterocycles. The lowest BCUT2D eigenvalue weighted by atomic mass is 10.0. The zero-order chi connectivity index (χ0) is 23.9. The van der Waals surface area contributed by atoms with E-state index in [1.165, 1.54) is 11.9 Å². The van der Waals surface area contributed by atoms with Crippen LogP contribution in [0.1, 0.15) is 16.7 Å². The topological polar surface area (TPSA) is 67.9 Å². The molecule has 0 fully saturated rings. The molecule has 0 spiro atoms. The zero-order valence-corrected chi connectivity index (χ0v) is 20.1. The van der Waals surface area contributed by atoms with E-state index in [1.54, 1.807) is 14.2 Å². The van der Waals surface area contributed by atoms with Gasteiger partial charge in [-0.3, -0.25) is 4.79 Å². The number of amides is 1. The Morgan fingerprint density at radius 3 is 2.26 bits per heavy atom. The van der Waals surface area contributed by atoms with Crippen LogP contribution >= 0.6 is 11.9 Å². The number of rotatable bonds is 9. The Hall–Kier alpha value is -3.29. The Morgan fingerprint density at radius 2 is 1.65 bits per heavy atom. The van der Waals surface area contributed by atoms with Crippen molar-refractivity contribution in [2.45, 2.75) is 36.4 Å². The minimum atomic E-state index is -0.592. The number of carbonyl (C=O) groups excluding carboxylic acids is 2. The predicted octanol–water partition coefficient (Wildman–Crippen LogP) is 4.06. The van der Waals surface area contributed by atoms with Crippen molar-refractivity contribution in [3.05, 3.63) is 89.5 Å². The van der Waals surface area contributed by atoms with E-state index >= 15 is 0 Å². The fourth-order valence-electron chi connectivity index (χ4n) is 4.06. The molecule has 1 aliphatic rings. The first-order valence-electron chi connectivity index (χ1n) is 11.1. The van der Waals surface area contributed by atoms with Crippen molar-refractivity contribution >= 4 is 24.1 Å². The predicted molar refractivity (Wildman–Crippen MR) is 133 cm³/mol. The van der Waals surface area contributed by atoms with Gasteiger partial charge in [0.05, 0.1) is 20.3 Å². The number of ether oxygens (including phenoxy) is 2. The van der Waals surface area contributed by atoms with E-state index in [4.69, 9.17) is 9.47 Å². The highest BCUT2D eigenvalue weighted by molar-refractivity contribution is 7.97. The van der Waals surface area contributed by atoms with Gasteiger partial charge in [0.2, 0.25) is 5.91 Å². The molecule has 1 unspecified atom stereocenters. The summed E-state index contributed by atoms with van der Waals surface area (Å²) < 4.78 is 13.0. The highest BCUT2D eigenvalue weighted by Gasteiger charge is 2.34. The first kappa shape index (κ1) is 23.9. The van der Waals surface area contributed by atoms with E-state index in [0.29, 0.717) is 30.9 Å². The summed E-state index contributed by atoms with van der Waals surface area (Å²) in [6.45, 7) is 0.585. The van der Waals surface area contributed by atoms with E-state index in [0.717, 1.165) is 27.9 Å². The van der Waals surface area contributed by atoms with Crippen LogP contribution in [0.5, 0.6) is 11.5 Å². The average molecular weight is 477 g/mol. The number of hydrogen-bond acceptors (Lipinski definition) is 6. The molecule has 0 saturated heterocycles. The first-order valence-corrected chi connectivity index (χ1v) is 11.9. The smallest absolute Gasteiger partial charge is 0.239 e. The second-order valence-electron chi connectivity index (χ2n) is 8.13. The van der Waals surface area contributed by atoms with Crippen molar-refractivity contribution < 1.29 is 19.1 Å². The summed E-state index contributed by atoms with van der Waals surface area (Å²) >= 11 is 1.52. The fourth-order valence-corrected chi connectivity index (χ4v) is 5.24. The normalized spacial score (nSPS) is 16.2. The Labute approximate surface area is 204 Å². The van der Waals surface area contributed by atoms with Gasteiger partial charge >= 0.3 is 0 Å². The minimum Gasteiger partial charge on any atom is -0.493 e. The molecule has 2 atom stereocenters. The standard InChI is InChI=1S/C27H28N2O4S/c1-32-24-15-21-14-23(27(31)28-22(18-30)13-19-9-5-3-6-10-19)29(17-20-11-7-4-8-12-20)34-26(21)16-25(24)33-2/h3-12,15-16,18,22-23H,13-14,17H2,1-2H3,(H,28,31)/t22-,23?/m0/s1. The maximum Gasteiger partial charge on any atom is 0.239 e. The van der Waals surface area contributed by atoms with Crippen molar-refractivity contribution in [2.24, 2.45) is 0 Å². The molecule has 4 rings (SSSR count). The summed E-state index contributed by atoms with van der Waals surface area (Å²) in [4.78, 5) is 26.3. The molecule has 3 aromatic carbocycles. The molecule has 0 saturated carbocycles. The van der Waals surface area contributed by atoms with Gasteiger partial charge < -0.3 is 19.6 Å². The summed E-state index contributed by atoms with van der Waals surface area (Å²) in [6, 6.07) is 22.6. The molecule has 3 aromatic rings. The molecule has 1 heterocycles. The molecule has 1 N–H and O–H groups in total. The third-order valence-corrected chi connectivity index (χ3v) is 7.01. The van der Waals surface area contributed by atoms with Crippen molar-refractivity contribution in [1.82, 2.24) is 9.62 Å². The van der Waals surface area contributed by atoms with Crippen LogP contribution in [-0.4, -0.2) is 42.8 Å². The van der Waals surface area contributed by atoms with Crippen molar-refractivity contribution in [2.75, 3.05) is 14.2 Å². The van der Waals surface area contributed by atoms with E-state index in [-0.39, 0.29) is 5.91 Å². The van der Waals surface area contributed by atoms with Crippen LogP contribution in [0, 0.1) is 0 Å². The van der Waals surface area contributed by atoms with Gasteiger partial charge in [0.1, 0.15) is 12.3 Å². The van der Waals surface area contributed by atoms with Crippen molar-refractivity contribution in [1.29, 1.82) is 0 Å². The number of fused-ring (bicyclic) bond motifs is 1. The number of hydrogen-bond donors (Lipinski definition) is 1. The summed E-state index contributed by atoms with van der Waals surface area (Å²) in [7, 11) is 3.21. The van der Waals surface area contributed by atoms with E-state index in [9.17, 15) is 9.59 Å². The lowest BCUT2D eigenvalue weighted by Gasteiger charge is -2.35. The van der Waals surface area contributed by atoms with E-state index < -0.39 is 12.1 Å². The number of carbonyl (C=O) groups is 2. The number of methoxy groups -OCH3 is 2. The SMILES string of the molecule is COc1cc2c(cc1OC)SN(Cc1ccccc1)C(C(=O)N[C@H](C=O)Cc1ccccc1)C2. The summed E-state index contributed by atoms with van der Waals surface area (Å²) in [5.74, 6) is 1.12. The van der Waals surface area contributed by atoms with Crippen LogP contribution in [-0.2, 0) is 29.0 Å². The molecule has 0 aliphatic carbocycles. The number of benzene rings is 3.